The van der Waals surface area contributed by atoms with Gasteiger partial charge < -0.3 is 14.7 Å². The van der Waals surface area contributed by atoms with Crippen LogP contribution in [-0.4, -0.2) is 34.8 Å². The predicted octanol–water partition coefficient (Wildman–Crippen LogP) is 5.65. The minimum absolute atomic E-state index is 0.145. The summed E-state index contributed by atoms with van der Waals surface area (Å²) in [6.45, 7) is 7.32. The maximum Gasteiger partial charge on any atom is 0.295 e. The lowest BCUT2D eigenvalue weighted by atomic mass is 9.94. The Morgan fingerprint density at radius 2 is 1.62 bits per heavy atom. The molecule has 1 amide bonds. The molecule has 170 valence electrons. The summed E-state index contributed by atoms with van der Waals surface area (Å²) in [5, 5.41) is 11.1. The van der Waals surface area contributed by atoms with Gasteiger partial charge in [0.05, 0.1) is 18.2 Å². The lowest BCUT2D eigenvalue weighted by molar-refractivity contribution is -0.139. The van der Waals surface area contributed by atoms with Gasteiger partial charge in [-0.3, -0.25) is 9.59 Å². The summed E-state index contributed by atoms with van der Waals surface area (Å²) in [5.41, 5.74) is 2.66. The van der Waals surface area contributed by atoms with Crippen LogP contribution in [0.1, 0.15) is 69.2 Å². The Bertz CT molecular complexity index is 960. The van der Waals surface area contributed by atoms with Gasteiger partial charge in [0.25, 0.3) is 11.7 Å². The van der Waals surface area contributed by atoms with Gasteiger partial charge in [-0.15, -0.1) is 0 Å². The number of hydrogen-bond donors (Lipinski definition) is 1. The van der Waals surface area contributed by atoms with Crippen LogP contribution in [0.15, 0.2) is 54.1 Å². The van der Waals surface area contributed by atoms with Gasteiger partial charge >= 0.3 is 0 Å². The third-order valence-corrected chi connectivity index (χ3v) is 5.85. The van der Waals surface area contributed by atoms with Crippen molar-refractivity contribution in [1.29, 1.82) is 0 Å². The van der Waals surface area contributed by atoms with Crippen LogP contribution in [0.5, 0.6) is 5.75 Å². The van der Waals surface area contributed by atoms with E-state index in [-0.39, 0.29) is 11.3 Å². The summed E-state index contributed by atoms with van der Waals surface area (Å²) in [7, 11) is 0. The molecule has 0 bridgehead atoms. The van der Waals surface area contributed by atoms with Crippen molar-refractivity contribution in [2.45, 2.75) is 58.9 Å². The van der Waals surface area contributed by atoms with E-state index in [1.807, 2.05) is 31.2 Å². The number of benzene rings is 2. The monoisotopic (exact) mass is 435 g/mol. The molecule has 1 heterocycles. The number of ether oxygens (including phenoxy) is 1. The predicted molar refractivity (Wildman–Crippen MR) is 127 cm³/mol. The Morgan fingerprint density at radius 1 is 0.938 bits per heavy atom. The second-order valence-electron chi connectivity index (χ2n) is 8.17. The van der Waals surface area contributed by atoms with E-state index >= 15 is 0 Å². The van der Waals surface area contributed by atoms with Crippen LogP contribution in [0.2, 0.25) is 0 Å². The molecule has 1 fully saturated rings. The molecular formula is C27H33NO4. The minimum atomic E-state index is -0.630. The fraction of sp³-hybridized carbons (Fsp3) is 0.407. The Balaban J connectivity index is 2.02. The third kappa shape index (κ3) is 5.04. The fourth-order valence-electron chi connectivity index (χ4n) is 4.01. The Kier molecular flexibility index (Phi) is 8.09. The lowest BCUT2D eigenvalue weighted by Crippen LogP contribution is -2.30. The first kappa shape index (κ1) is 23.6. The standard InChI is InChI=1S/C27H33NO4/c1-4-7-8-17-28-24(20-11-9-19(6-3)10-12-20)23(26(30)27(28)31)25(29)21-13-15-22(16-14-21)32-18-5-2/h9-16,24,29H,4-8,17-18H2,1-3H3/b25-23-. The number of aliphatic hydroxyl groups is 1. The number of carbonyl (C=O) groups is 2. The van der Waals surface area contributed by atoms with E-state index in [9.17, 15) is 14.7 Å². The van der Waals surface area contributed by atoms with E-state index < -0.39 is 17.7 Å². The molecule has 5 nitrogen and oxygen atoms in total. The highest BCUT2D eigenvalue weighted by Crippen LogP contribution is 2.39. The van der Waals surface area contributed by atoms with E-state index in [4.69, 9.17) is 4.74 Å². The topological polar surface area (TPSA) is 66.8 Å². The summed E-state index contributed by atoms with van der Waals surface area (Å²) in [6, 6.07) is 14.3. The van der Waals surface area contributed by atoms with E-state index in [0.29, 0.717) is 24.5 Å². The first-order valence-corrected chi connectivity index (χ1v) is 11.6. The number of aliphatic hydroxyl groups excluding tert-OH is 1. The van der Waals surface area contributed by atoms with Crippen LogP contribution in [0.25, 0.3) is 5.76 Å². The molecule has 32 heavy (non-hydrogen) atoms. The molecule has 2 aromatic rings. The number of likely N-dealkylation sites (tertiary alicyclic amines) is 1. The van der Waals surface area contributed by atoms with Crippen molar-refractivity contribution in [3.63, 3.8) is 0 Å². The number of carbonyl (C=O) groups excluding carboxylic acids is 2. The lowest BCUT2D eigenvalue weighted by Gasteiger charge is -2.25. The first-order chi connectivity index (χ1) is 15.5. The van der Waals surface area contributed by atoms with Crippen LogP contribution < -0.4 is 4.74 Å². The van der Waals surface area contributed by atoms with Crippen LogP contribution in [0, 0.1) is 0 Å². The third-order valence-electron chi connectivity index (χ3n) is 5.85. The van der Waals surface area contributed by atoms with Gasteiger partial charge in [0.2, 0.25) is 0 Å². The molecule has 1 unspecified atom stereocenters. The van der Waals surface area contributed by atoms with Gasteiger partial charge in [-0.1, -0.05) is 57.9 Å². The molecule has 3 rings (SSSR count). The molecule has 5 heteroatoms. The van der Waals surface area contributed by atoms with E-state index in [1.54, 1.807) is 29.2 Å². The fourth-order valence-corrected chi connectivity index (χ4v) is 4.01. The highest BCUT2D eigenvalue weighted by molar-refractivity contribution is 6.46. The van der Waals surface area contributed by atoms with Gasteiger partial charge in [0, 0.05) is 12.1 Å². The molecule has 1 N–H and O–H groups in total. The van der Waals surface area contributed by atoms with Gasteiger partial charge in [0.15, 0.2) is 0 Å². The van der Waals surface area contributed by atoms with Crippen LogP contribution in [-0.2, 0) is 16.0 Å². The van der Waals surface area contributed by atoms with Gasteiger partial charge in [0.1, 0.15) is 11.5 Å². The number of hydrogen-bond acceptors (Lipinski definition) is 4. The molecule has 1 saturated heterocycles. The number of unbranched alkanes of at least 4 members (excludes halogenated alkanes) is 2. The van der Waals surface area contributed by atoms with Crippen molar-refractivity contribution in [3.8, 4) is 5.75 Å². The molecule has 1 aliphatic heterocycles. The van der Waals surface area contributed by atoms with Crippen molar-refractivity contribution in [1.82, 2.24) is 4.90 Å². The largest absolute Gasteiger partial charge is 0.507 e. The molecule has 1 atom stereocenters. The van der Waals surface area contributed by atoms with Crippen LogP contribution in [0.3, 0.4) is 0 Å². The number of rotatable bonds is 10. The zero-order chi connectivity index (χ0) is 23.1. The zero-order valence-corrected chi connectivity index (χ0v) is 19.3. The van der Waals surface area contributed by atoms with Gasteiger partial charge in [-0.25, -0.2) is 0 Å². The summed E-state index contributed by atoms with van der Waals surface area (Å²) >= 11 is 0. The Labute approximate surface area is 190 Å². The number of Topliss-reactive ketones (excluding diaryl/α,β-unsaturated/α-hetero) is 1. The first-order valence-electron chi connectivity index (χ1n) is 11.6. The van der Waals surface area contributed by atoms with Crippen molar-refractivity contribution in [3.05, 3.63) is 70.8 Å². The Hall–Kier alpha value is -3.08. The van der Waals surface area contributed by atoms with Crippen molar-refractivity contribution in [2.75, 3.05) is 13.2 Å². The zero-order valence-electron chi connectivity index (χ0n) is 19.3. The second kappa shape index (κ2) is 11.0. The second-order valence-corrected chi connectivity index (χ2v) is 8.17. The van der Waals surface area contributed by atoms with Crippen molar-refractivity contribution in [2.24, 2.45) is 0 Å². The average Bonchev–Trinajstić information content (AvgIpc) is 3.08. The maximum absolute atomic E-state index is 13.0. The van der Waals surface area contributed by atoms with Crippen LogP contribution >= 0.6 is 0 Å². The number of amides is 1. The highest BCUT2D eigenvalue weighted by atomic mass is 16.5. The minimum Gasteiger partial charge on any atom is -0.507 e. The molecule has 0 aliphatic carbocycles. The molecule has 0 saturated carbocycles. The SMILES string of the molecule is CCCCCN1C(=O)C(=O)/C(=C(\O)c2ccc(OCCC)cc2)C1c1ccc(CC)cc1. The van der Waals surface area contributed by atoms with Crippen LogP contribution in [0.4, 0.5) is 0 Å². The molecule has 1 aliphatic rings. The highest BCUT2D eigenvalue weighted by Gasteiger charge is 2.45. The van der Waals surface area contributed by atoms with E-state index in [2.05, 4.69) is 13.8 Å². The number of nitrogens with zero attached hydrogens (tertiary/aromatic N) is 1. The van der Waals surface area contributed by atoms with Gasteiger partial charge in [-0.05, 0) is 54.7 Å². The summed E-state index contributed by atoms with van der Waals surface area (Å²) < 4.78 is 5.61. The molecule has 0 aromatic heterocycles. The normalized spacial score (nSPS) is 17.7. The summed E-state index contributed by atoms with van der Waals surface area (Å²) in [4.78, 5) is 27.6. The summed E-state index contributed by atoms with van der Waals surface area (Å²) in [5.74, 6) is -0.618. The Morgan fingerprint density at radius 3 is 2.22 bits per heavy atom. The molecule has 0 radical (unpaired) electrons. The smallest absolute Gasteiger partial charge is 0.295 e. The van der Waals surface area contributed by atoms with Gasteiger partial charge in [-0.2, -0.15) is 0 Å². The van der Waals surface area contributed by atoms with E-state index in [1.165, 1.54) is 5.56 Å². The molecule has 0 spiro atoms. The van der Waals surface area contributed by atoms with Crippen molar-refractivity contribution < 1.29 is 19.4 Å². The quantitative estimate of drug-likeness (QED) is 0.227. The summed E-state index contributed by atoms with van der Waals surface area (Å²) in [6.07, 6.45) is 4.62. The average molecular weight is 436 g/mol. The maximum atomic E-state index is 13.0. The number of ketones is 1. The molecular weight excluding hydrogens is 402 g/mol. The van der Waals surface area contributed by atoms with E-state index in [0.717, 1.165) is 37.7 Å². The molecule has 2 aromatic carbocycles. The van der Waals surface area contributed by atoms with Crippen molar-refractivity contribution >= 4 is 17.4 Å². The number of aryl methyl sites for hydroxylation is 1.